The molecule has 0 aromatic heterocycles. The number of rotatable bonds is 3. The molecule has 3 atom stereocenters. The molecule has 3 unspecified atom stereocenters. The number of amides is 1. The Kier molecular flexibility index (Phi) is 3.49. The molecule has 2 bridgehead atoms. The van der Waals surface area contributed by atoms with E-state index in [1.54, 1.807) is 0 Å². The zero-order chi connectivity index (χ0) is 13.5. The van der Waals surface area contributed by atoms with Gasteiger partial charge in [0.25, 0.3) is 0 Å². The first kappa shape index (κ1) is 13.1. The molecule has 0 aromatic carbocycles. The predicted molar refractivity (Wildman–Crippen MR) is 79.4 cm³/mol. The summed E-state index contributed by atoms with van der Waals surface area (Å²) in [6.45, 7) is 1.04. The van der Waals surface area contributed by atoms with Crippen LogP contribution in [-0.4, -0.2) is 35.5 Å². The first-order valence-electron chi connectivity index (χ1n) is 8.85. The van der Waals surface area contributed by atoms with Gasteiger partial charge in [-0.15, -0.1) is 0 Å². The molecule has 3 heteroatoms. The maximum atomic E-state index is 12.7. The molecular weight excluding hydrogens is 248 g/mol. The molecule has 20 heavy (non-hydrogen) atoms. The highest BCUT2D eigenvalue weighted by molar-refractivity contribution is 5.77. The van der Waals surface area contributed by atoms with Crippen molar-refractivity contribution in [3.63, 3.8) is 0 Å². The molecule has 1 aliphatic carbocycles. The van der Waals surface area contributed by atoms with Crippen molar-refractivity contribution in [3.05, 3.63) is 0 Å². The Labute approximate surface area is 122 Å². The van der Waals surface area contributed by atoms with Gasteiger partial charge in [0.05, 0.1) is 0 Å². The fourth-order valence-corrected chi connectivity index (χ4v) is 5.12. The van der Waals surface area contributed by atoms with Gasteiger partial charge in [-0.05, 0) is 63.2 Å². The van der Waals surface area contributed by atoms with E-state index in [2.05, 4.69) is 10.2 Å². The van der Waals surface area contributed by atoms with E-state index < -0.39 is 0 Å². The van der Waals surface area contributed by atoms with Gasteiger partial charge in [-0.2, -0.15) is 0 Å². The molecule has 0 aromatic rings. The molecule has 3 nitrogen and oxygen atoms in total. The second kappa shape index (κ2) is 5.32. The second-order valence-electron chi connectivity index (χ2n) is 7.67. The fourth-order valence-electron chi connectivity index (χ4n) is 5.12. The summed E-state index contributed by atoms with van der Waals surface area (Å²) < 4.78 is 0. The first-order chi connectivity index (χ1) is 9.79. The normalized spacial score (nSPS) is 40.9. The van der Waals surface area contributed by atoms with Crippen LogP contribution >= 0.6 is 0 Å². The lowest BCUT2D eigenvalue weighted by Gasteiger charge is -2.38. The van der Waals surface area contributed by atoms with Crippen LogP contribution in [0, 0.1) is 11.8 Å². The summed E-state index contributed by atoms with van der Waals surface area (Å²) in [5, 5.41) is 3.68. The van der Waals surface area contributed by atoms with Crippen molar-refractivity contribution in [2.24, 2.45) is 11.8 Å². The maximum absolute atomic E-state index is 12.7. The lowest BCUT2D eigenvalue weighted by molar-refractivity contribution is -0.134. The highest BCUT2D eigenvalue weighted by Crippen LogP contribution is 2.38. The molecular formula is C17H28N2O. The van der Waals surface area contributed by atoms with Crippen LogP contribution in [0.1, 0.15) is 64.2 Å². The fraction of sp³-hybridized carbons (Fsp3) is 0.941. The summed E-state index contributed by atoms with van der Waals surface area (Å²) >= 11 is 0. The van der Waals surface area contributed by atoms with E-state index in [4.69, 9.17) is 0 Å². The summed E-state index contributed by atoms with van der Waals surface area (Å²) in [6.07, 6.45) is 12.6. The lowest BCUT2D eigenvalue weighted by atomic mass is 9.78. The van der Waals surface area contributed by atoms with Gasteiger partial charge in [0, 0.05) is 31.1 Å². The van der Waals surface area contributed by atoms with Crippen molar-refractivity contribution >= 4 is 5.91 Å². The number of hydrogen-bond acceptors (Lipinski definition) is 2. The Morgan fingerprint density at radius 3 is 2.40 bits per heavy atom. The molecule has 1 amide bonds. The van der Waals surface area contributed by atoms with E-state index in [1.807, 2.05) is 0 Å². The summed E-state index contributed by atoms with van der Waals surface area (Å²) in [5.41, 5.74) is 0. The van der Waals surface area contributed by atoms with Gasteiger partial charge in [0.1, 0.15) is 0 Å². The molecule has 0 radical (unpaired) electrons. The van der Waals surface area contributed by atoms with Crippen LogP contribution in [0.2, 0.25) is 0 Å². The minimum Gasteiger partial charge on any atom is -0.339 e. The number of carbonyl (C=O) groups excluding carboxylic acids is 1. The number of likely N-dealkylation sites (tertiary alicyclic amines) is 1. The van der Waals surface area contributed by atoms with Gasteiger partial charge in [-0.25, -0.2) is 0 Å². The number of fused-ring (bicyclic) bond motifs is 2. The minimum absolute atomic E-state index is 0.478. The number of hydrogen-bond donors (Lipinski definition) is 1. The van der Waals surface area contributed by atoms with E-state index in [9.17, 15) is 4.79 Å². The number of nitrogens with zero attached hydrogens (tertiary/aromatic N) is 1. The summed E-state index contributed by atoms with van der Waals surface area (Å²) in [4.78, 5) is 15.0. The SMILES string of the molecule is O=C(CC1CC2CCC(C1)N2)N1CCCC1C1CCC1. The Morgan fingerprint density at radius 2 is 1.75 bits per heavy atom. The average molecular weight is 276 g/mol. The van der Waals surface area contributed by atoms with Crippen LogP contribution in [0.3, 0.4) is 0 Å². The molecule has 1 N–H and O–H groups in total. The molecule has 3 heterocycles. The van der Waals surface area contributed by atoms with Crippen molar-refractivity contribution in [2.75, 3.05) is 6.54 Å². The third kappa shape index (κ3) is 2.38. The lowest BCUT2D eigenvalue weighted by Crippen LogP contribution is -2.44. The molecule has 1 saturated carbocycles. The zero-order valence-corrected chi connectivity index (χ0v) is 12.5. The zero-order valence-electron chi connectivity index (χ0n) is 12.5. The topological polar surface area (TPSA) is 32.3 Å². The minimum atomic E-state index is 0.478. The van der Waals surface area contributed by atoms with E-state index in [1.165, 1.54) is 57.8 Å². The Balaban J connectivity index is 1.35. The largest absolute Gasteiger partial charge is 0.339 e. The van der Waals surface area contributed by atoms with Crippen molar-refractivity contribution in [1.82, 2.24) is 10.2 Å². The molecule has 3 saturated heterocycles. The Bertz CT molecular complexity index is 367. The molecule has 4 rings (SSSR count). The number of nitrogens with one attached hydrogen (secondary N) is 1. The Hall–Kier alpha value is -0.570. The summed E-state index contributed by atoms with van der Waals surface area (Å²) in [6, 6.07) is 2.04. The van der Waals surface area contributed by atoms with Crippen molar-refractivity contribution in [3.8, 4) is 0 Å². The first-order valence-corrected chi connectivity index (χ1v) is 8.85. The quantitative estimate of drug-likeness (QED) is 0.859. The third-order valence-corrected chi connectivity index (χ3v) is 6.35. The monoisotopic (exact) mass is 276 g/mol. The van der Waals surface area contributed by atoms with Gasteiger partial charge in [0.15, 0.2) is 0 Å². The molecule has 0 spiro atoms. The van der Waals surface area contributed by atoms with Gasteiger partial charge in [0.2, 0.25) is 5.91 Å². The summed E-state index contributed by atoms with van der Waals surface area (Å²) in [5.74, 6) is 1.97. The van der Waals surface area contributed by atoms with Crippen molar-refractivity contribution < 1.29 is 4.79 Å². The van der Waals surface area contributed by atoms with Crippen LogP contribution < -0.4 is 5.32 Å². The average Bonchev–Trinajstić information content (AvgIpc) is 2.95. The molecule has 4 aliphatic rings. The highest BCUT2D eigenvalue weighted by atomic mass is 16.2. The maximum Gasteiger partial charge on any atom is 0.223 e. The van der Waals surface area contributed by atoms with Crippen LogP contribution in [-0.2, 0) is 4.79 Å². The molecule has 112 valence electrons. The van der Waals surface area contributed by atoms with E-state index in [0.717, 1.165) is 18.9 Å². The van der Waals surface area contributed by atoms with Crippen LogP contribution in [0.4, 0.5) is 0 Å². The van der Waals surface area contributed by atoms with Crippen LogP contribution in [0.15, 0.2) is 0 Å². The van der Waals surface area contributed by atoms with Gasteiger partial charge in [-0.1, -0.05) is 6.42 Å². The van der Waals surface area contributed by atoms with E-state index in [0.29, 0.717) is 30.0 Å². The van der Waals surface area contributed by atoms with E-state index >= 15 is 0 Å². The second-order valence-corrected chi connectivity index (χ2v) is 7.67. The Morgan fingerprint density at radius 1 is 1.00 bits per heavy atom. The standard InChI is InChI=1S/C17H28N2O/c20-17(11-12-9-14-6-7-15(10-12)18-14)19-8-2-5-16(19)13-3-1-4-13/h12-16,18H,1-11H2. The van der Waals surface area contributed by atoms with Gasteiger partial charge >= 0.3 is 0 Å². The van der Waals surface area contributed by atoms with E-state index in [-0.39, 0.29) is 0 Å². The van der Waals surface area contributed by atoms with Gasteiger partial charge in [-0.3, -0.25) is 4.79 Å². The molecule has 3 aliphatic heterocycles. The number of carbonyl (C=O) groups is 1. The van der Waals surface area contributed by atoms with Crippen LogP contribution in [0.5, 0.6) is 0 Å². The van der Waals surface area contributed by atoms with Crippen molar-refractivity contribution in [1.29, 1.82) is 0 Å². The van der Waals surface area contributed by atoms with Gasteiger partial charge < -0.3 is 10.2 Å². The predicted octanol–water partition coefficient (Wildman–Crippen LogP) is 2.70. The highest BCUT2D eigenvalue weighted by Gasteiger charge is 2.39. The van der Waals surface area contributed by atoms with Crippen molar-refractivity contribution in [2.45, 2.75) is 82.3 Å². The van der Waals surface area contributed by atoms with Crippen LogP contribution in [0.25, 0.3) is 0 Å². The third-order valence-electron chi connectivity index (χ3n) is 6.35. The summed E-state index contributed by atoms with van der Waals surface area (Å²) in [7, 11) is 0. The number of piperidine rings is 1. The molecule has 4 fully saturated rings. The smallest absolute Gasteiger partial charge is 0.223 e.